The van der Waals surface area contributed by atoms with Crippen molar-refractivity contribution in [3.8, 4) is 0 Å². The molecule has 6 heteroatoms. The molecule has 6 nitrogen and oxygen atoms in total. The Morgan fingerprint density at radius 1 is 1.03 bits per heavy atom. The van der Waals surface area contributed by atoms with E-state index >= 15 is 0 Å². The Bertz CT molecular complexity index is 1280. The van der Waals surface area contributed by atoms with Crippen LogP contribution in [0.25, 0.3) is 11.0 Å². The average molecular weight is 460 g/mol. The number of para-hydroxylation sites is 2. The maximum atomic E-state index is 13.4. The summed E-state index contributed by atoms with van der Waals surface area (Å²) >= 11 is 0. The molecule has 0 radical (unpaired) electrons. The lowest BCUT2D eigenvalue weighted by Gasteiger charge is -2.37. The summed E-state index contributed by atoms with van der Waals surface area (Å²) < 4.78 is 3.07. The van der Waals surface area contributed by atoms with Gasteiger partial charge in [0.1, 0.15) is 5.52 Å². The number of carbonyl (C=O) groups excluding carboxylic acids is 1. The molecule has 0 amide bonds. The third-order valence-electron chi connectivity index (χ3n) is 8.20. The number of hydrogen-bond acceptors (Lipinski definition) is 4. The molecule has 2 heterocycles. The fraction of sp³-hybridized carbons (Fsp3) is 0.500. The number of aryl methyl sites for hydroxylation is 1. The molecule has 2 atom stereocenters. The first kappa shape index (κ1) is 21.7. The minimum absolute atomic E-state index is 0.110. The van der Waals surface area contributed by atoms with Crippen molar-refractivity contribution < 1.29 is 9.63 Å². The van der Waals surface area contributed by atoms with Gasteiger partial charge in [-0.15, -0.1) is 4.73 Å². The quantitative estimate of drug-likeness (QED) is 0.552. The van der Waals surface area contributed by atoms with Gasteiger partial charge >= 0.3 is 11.7 Å². The molecule has 0 N–H and O–H groups in total. The monoisotopic (exact) mass is 459 g/mol. The van der Waals surface area contributed by atoms with Gasteiger partial charge < -0.3 is 4.84 Å². The number of rotatable bonds is 5. The normalized spacial score (nSPS) is 22.7. The predicted octanol–water partition coefficient (Wildman–Crippen LogP) is 4.76. The van der Waals surface area contributed by atoms with Crippen molar-refractivity contribution in [3.63, 3.8) is 0 Å². The first-order valence-electron chi connectivity index (χ1n) is 12.9. The number of piperidine rings is 1. The summed E-state index contributed by atoms with van der Waals surface area (Å²) in [4.78, 5) is 33.7. The Labute approximate surface area is 200 Å². The molecule has 178 valence electrons. The van der Waals surface area contributed by atoms with Crippen molar-refractivity contribution in [3.05, 3.63) is 69.6 Å². The Morgan fingerprint density at radius 2 is 1.82 bits per heavy atom. The first-order chi connectivity index (χ1) is 16.7. The number of imidazole rings is 1. The minimum Gasteiger partial charge on any atom is -0.332 e. The van der Waals surface area contributed by atoms with Crippen LogP contribution in [0.15, 0.2) is 47.3 Å². The topological polar surface area (TPSA) is 56.5 Å². The zero-order valence-electron chi connectivity index (χ0n) is 19.9. The molecule has 3 aliphatic rings. The van der Waals surface area contributed by atoms with Gasteiger partial charge in [0.15, 0.2) is 0 Å². The van der Waals surface area contributed by atoms with Crippen LogP contribution in [0.2, 0.25) is 0 Å². The van der Waals surface area contributed by atoms with E-state index in [2.05, 4.69) is 23.1 Å². The summed E-state index contributed by atoms with van der Waals surface area (Å²) in [7, 11) is 0. The molecule has 2 aromatic carbocycles. The third kappa shape index (κ3) is 3.50. The number of nitrogens with zero attached hydrogens (tertiary/aromatic N) is 3. The van der Waals surface area contributed by atoms with Gasteiger partial charge in [0.25, 0.3) is 0 Å². The van der Waals surface area contributed by atoms with Gasteiger partial charge in [0.2, 0.25) is 0 Å². The van der Waals surface area contributed by atoms with Crippen molar-refractivity contribution in [2.45, 2.75) is 76.3 Å². The maximum Gasteiger partial charge on any atom is 0.362 e. The van der Waals surface area contributed by atoms with Crippen LogP contribution in [0.1, 0.15) is 86.6 Å². The van der Waals surface area contributed by atoms with Crippen LogP contribution in [-0.2, 0) is 11.2 Å². The second kappa shape index (κ2) is 8.73. The van der Waals surface area contributed by atoms with Gasteiger partial charge in [-0.1, -0.05) is 37.3 Å². The molecule has 1 aliphatic heterocycles. The standard InChI is InChI=1S/C28H33N3O3/c1-2-7-26(32)34-31-24-13-4-3-12-23(24)30(28(31)33)21-14-16-29(17-15-21)25-18-20-10-5-8-19-9-6-11-22(25)27(19)20/h3-4,6,9,11-13,20-21,25H,2,5,7-8,10,14-18H2,1H3. The molecule has 1 saturated heterocycles. The van der Waals surface area contributed by atoms with Gasteiger partial charge in [0, 0.05) is 31.6 Å². The molecule has 0 spiro atoms. The van der Waals surface area contributed by atoms with Crippen LogP contribution in [-0.4, -0.2) is 33.3 Å². The summed E-state index contributed by atoms with van der Waals surface area (Å²) in [6.07, 6.45) is 7.94. The highest BCUT2D eigenvalue weighted by atomic mass is 16.7. The van der Waals surface area contributed by atoms with Gasteiger partial charge in [-0.2, -0.15) is 0 Å². The number of hydrogen-bond donors (Lipinski definition) is 0. The Morgan fingerprint density at radius 3 is 2.62 bits per heavy atom. The number of fused-ring (bicyclic) bond motifs is 1. The largest absolute Gasteiger partial charge is 0.362 e. The van der Waals surface area contributed by atoms with E-state index in [0.717, 1.165) is 37.4 Å². The number of benzene rings is 2. The van der Waals surface area contributed by atoms with Crippen LogP contribution in [0.4, 0.5) is 0 Å². The van der Waals surface area contributed by atoms with Crippen molar-refractivity contribution >= 4 is 17.0 Å². The lowest BCUT2D eigenvalue weighted by molar-refractivity contribution is -0.144. The lowest BCUT2D eigenvalue weighted by Crippen LogP contribution is -2.40. The molecule has 34 heavy (non-hydrogen) atoms. The molecule has 2 unspecified atom stereocenters. The molecule has 0 bridgehead atoms. The van der Waals surface area contributed by atoms with E-state index in [0.29, 0.717) is 24.4 Å². The van der Waals surface area contributed by atoms with Crippen LogP contribution >= 0.6 is 0 Å². The lowest BCUT2D eigenvalue weighted by atomic mass is 9.84. The highest BCUT2D eigenvalue weighted by Crippen LogP contribution is 2.50. The van der Waals surface area contributed by atoms with Crippen LogP contribution < -0.4 is 10.5 Å². The molecule has 1 fully saturated rings. The number of aromatic nitrogens is 2. The van der Waals surface area contributed by atoms with E-state index < -0.39 is 0 Å². The summed E-state index contributed by atoms with van der Waals surface area (Å²) in [5.74, 6) is 0.356. The van der Waals surface area contributed by atoms with E-state index in [1.54, 1.807) is 16.7 Å². The van der Waals surface area contributed by atoms with E-state index in [4.69, 9.17) is 4.84 Å². The van der Waals surface area contributed by atoms with E-state index in [9.17, 15) is 9.59 Å². The highest BCUT2D eigenvalue weighted by molar-refractivity contribution is 5.77. The molecule has 6 rings (SSSR count). The molecule has 0 saturated carbocycles. The predicted molar refractivity (Wildman–Crippen MR) is 132 cm³/mol. The maximum absolute atomic E-state index is 13.4. The summed E-state index contributed by atoms with van der Waals surface area (Å²) in [5.41, 5.74) is 6.04. The zero-order valence-corrected chi connectivity index (χ0v) is 19.9. The highest BCUT2D eigenvalue weighted by Gasteiger charge is 2.39. The van der Waals surface area contributed by atoms with Crippen LogP contribution in [0.3, 0.4) is 0 Å². The van der Waals surface area contributed by atoms with Gasteiger partial charge in [0.05, 0.1) is 5.52 Å². The van der Waals surface area contributed by atoms with E-state index in [1.165, 1.54) is 30.4 Å². The van der Waals surface area contributed by atoms with Crippen molar-refractivity contribution in [1.82, 2.24) is 14.2 Å². The second-order valence-corrected chi connectivity index (χ2v) is 10.2. The van der Waals surface area contributed by atoms with Crippen LogP contribution in [0, 0.1) is 0 Å². The fourth-order valence-electron chi connectivity index (χ4n) is 6.69. The molecular formula is C28H33N3O3. The van der Waals surface area contributed by atoms with Gasteiger partial charge in [-0.25, -0.2) is 9.59 Å². The Balaban J connectivity index is 1.24. The van der Waals surface area contributed by atoms with Crippen molar-refractivity contribution in [2.24, 2.45) is 0 Å². The van der Waals surface area contributed by atoms with Crippen LogP contribution in [0.5, 0.6) is 0 Å². The third-order valence-corrected chi connectivity index (χ3v) is 8.20. The Kier molecular flexibility index (Phi) is 5.56. The van der Waals surface area contributed by atoms with Gasteiger partial charge in [-0.05, 0) is 79.7 Å². The van der Waals surface area contributed by atoms with Gasteiger partial charge in [-0.3, -0.25) is 9.47 Å². The summed E-state index contributed by atoms with van der Waals surface area (Å²) in [6, 6.07) is 15.2. The molecule has 2 aliphatic carbocycles. The van der Waals surface area contributed by atoms with Crippen molar-refractivity contribution in [2.75, 3.05) is 13.1 Å². The number of likely N-dealkylation sites (tertiary alicyclic amines) is 1. The SMILES string of the molecule is CCCC(=O)On1c(=O)n(C2CCN(C3CC4CCCc5cccc3c54)CC2)c2ccccc21. The zero-order chi connectivity index (χ0) is 23.2. The number of carbonyl (C=O) groups is 1. The molecule has 3 aromatic rings. The average Bonchev–Trinajstić information content (AvgIpc) is 3.37. The second-order valence-electron chi connectivity index (χ2n) is 10.2. The Hall–Kier alpha value is -2.86. The summed E-state index contributed by atoms with van der Waals surface area (Å²) in [6.45, 7) is 3.89. The molecule has 1 aromatic heterocycles. The minimum atomic E-state index is -0.367. The fourth-order valence-corrected chi connectivity index (χ4v) is 6.69. The first-order valence-corrected chi connectivity index (χ1v) is 12.9. The smallest absolute Gasteiger partial charge is 0.332 e. The summed E-state index contributed by atoms with van der Waals surface area (Å²) in [5, 5.41) is 0. The van der Waals surface area contributed by atoms with E-state index in [-0.39, 0.29) is 17.7 Å². The van der Waals surface area contributed by atoms with E-state index in [1.807, 2.05) is 35.8 Å². The van der Waals surface area contributed by atoms with Crippen molar-refractivity contribution in [1.29, 1.82) is 0 Å². The molecular weight excluding hydrogens is 426 g/mol.